The van der Waals surface area contributed by atoms with Gasteiger partial charge in [-0.1, -0.05) is 30.8 Å². The van der Waals surface area contributed by atoms with Crippen molar-refractivity contribution in [2.75, 3.05) is 17.8 Å². The Labute approximate surface area is 155 Å². The number of rotatable bonds is 3. The normalized spacial score (nSPS) is 22.4. The zero-order valence-electron chi connectivity index (χ0n) is 14.4. The predicted octanol–water partition coefficient (Wildman–Crippen LogP) is 3.99. The van der Waals surface area contributed by atoms with Crippen molar-refractivity contribution in [1.29, 1.82) is 0 Å². The second kappa shape index (κ2) is 6.53. The Hall–Kier alpha value is -1.73. The van der Waals surface area contributed by atoms with Gasteiger partial charge in [0.2, 0.25) is 11.1 Å². The third kappa shape index (κ3) is 2.89. The summed E-state index contributed by atoms with van der Waals surface area (Å²) in [6, 6.07) is 8.20. The molecule has 0 unspecified atom stereocenters. The minimum absolute atomic E-state index is 0.199. The summed E-state index contributed by atoms with van der Waals surface area (Å²) in [5, 5.41) is 8.71. The molecule has 5 nitrogen and oxygen atoms in total. The molecule has 2 atom stereocenters. The van der Waals surface area contributed by atoms with E-state index in [9.17, 15) is 4.79 Å². The maximum atomic E-state index is 12.9. The average Bonchev–Trinajstić information content (AvgIpc) is 3.02. The Kier molecular flexibility index (Phi) is 4.37. The highest BCUT2D eigenvalue weighted by Gasteiger charge is 2.38. The molecule has 2 aromatic rings. The summed E-state index contributed by atoms with van der Waals surface area (Å²) < 4.78 is 1.87. The predicted molar refractivity (Wildman–Crippen MR) is 102 cm³/mol. The van der Waals surface area contributed by atoms with Gasteiger partial charge in [-0.3, -0.25) is 4.79 Å². The smallest absolute Gasteiger partial charge is 0.227 e. The lowest BCUT2D eigenvalue weighted by Crippen LogP contribution is -2.33. The number of carbonyl (C=O) groups is 1. The lowest BCUT2D eigenvalue weighted by Gasteiger charge is -2.34. The quantitative estimate of drug-likeness (QED) is 0.822. The molecule has 0 saturated carbocycles. The van der Waals surface area contributed by atoms with Crippen LogP contribution in [0.4, 0.5) is 5.95 Å². The monoisotopic (exact) mass is 372 g/mol. The van der Waals surface area contributed by atoms with Crippen molar-refractivity contribution in [2.45, 2.75) is 35.9 Å². The van der Waals surface area contributed by atoms with E-state index in [1.165, 1.54) is 16.7 Å². The van der Waals surface area contributed by atoms with Gasteiger partial charge in [-0.2, -0.15) is 4.98 Å². The van der Waals surface area contributed by atoms with Crippen molar-refractivity contribution in [3.63, 3.8) is 0 Å². The second-order valence-electron chi connectivity index (χ2n) is 6.50. The minimum Gasteiger partial charge on any atom is -0.328 e. The van der Waals surface area contributed by atoms with E-state index in [2.05, 4.69) is 52.8 Å². The van der Waals surface area contributed by atoms with E-state index in [1.54, 1.807) is 11.8 Å². The first kappa shape index (κ1) is 16.7. The van der Waals surface area contributed by atoms with Gasteiger partial charge in [-0.25, -0.2) is 4.68 Å². The van der Waals surface area contributed by atoms with Gasteiger partial charge in [0.05, 0.1) is 0 Å². The van der Waals surface area contributed by atoms with E-state index in [1.807, 2.05) is 10.9 Å². The summed E-state index contributed by atoms with van der Waals surface area (Å²) in [7, 11) is 0. The number of Topliss-reactive ketones (excluding diaryl/α,β-unsaturated/α-hetero) is 1. The van der Waals surface area contributed by atoms with Gasteiger partial charge in [-0.05, 0) is 42.5 Å². The van der Waals surface area contributed by atoms with Crippen molar-refractivity contribution in [3.05, 3.63) is 41.1 Å². The van der Waals surface area contributed by atoms with Crippen molar-refractivity contribution < 1.29 is 4.79 Å². The van der Waals surface area contributed by atoms with Gasteiger partial charge in [0, 0.05) is 22.6 Å². The highest BCUT2D eigenvalue weighted by molar-refractivity contribution is 7.98. The number of fused-ring (bicyclic) bond motifs is 1. The molecule has 4 rings (SSSR count). The van der Waals surface area contributed by atoms with Crippen LogP contribution in [-0.2, 0) is 4.79 Å². The van der Waals surface area contributed by atoms with Crippen LogP contribution in [0.15, 0.2) is 45.6 Å². The highest BCUT2D eigenvalue weighted by atomic mass is 32.2. The molecule has 0 saturated heterocycles. The molecule has 1 aliphatic carbocycles. The third-order valence-corrected chi connectivity index (χ3v) is 6.00. The molecule has 2 heterocycles. The summed E-state index contributed by atoms with van der Waals surface area (Å²) in [5.41, 5.74) is 2.93. The maximum absolute atomic E-state index is 12.9. The molecule has 1 aromatic heterocycles. The van der Waals surface area contributed by atoms with E-state index in [0.717, 1.165) is 29.2 Å². The summed E-state index contributed by atoms with van der Waals surface area (Å²) >= 11 is 3.22. The summed E-state index contributed by atoms with van der Waals surface area (Å²) in [6.07, 6.45) is 5.50. The van der Waals surface area contributed by atoms with Gasteiger partial charge in [0.1, 0.15) is 6.04 Å². The standard InChI is InChI=1S/C18H20N4OS2/c1-10-8-13-15(14(23)9-10)16(11-4-6-12(24-2)7-5-11)22-17(19-13)20-18(21-22)25-3/h4-7,10,16H,8-9H2,1-3H3,(H,19,20,21)/t10-,16-/m1/s1. The number of nitrogens with zero attached hydrogens (tertiary/aromatic N) is 3. The van der Waals surface area contributed by atoms with Gasteiger partial charge in [-0.15, -0.1) is 16.9 Å². The van der Waals surface area contributed by atoms with Crippen molar-refractivity contribution in [1.82, 2.24) is 14.8 Å². The number of benzene rings is 1. The largest absolute Gasteiger partial charge is 0.328 e. The Morgan fingerprint density at radius 3 is 2.60 bits per heavy atom. The van der Waals surface area contributed by atoms with E-state index in [0.29, 0.717) is 17.5 Å². The van der Waals surface area contributed by atoms with Gasteiger partial charge in [0.25, 0.3) is 0 Å². The molecule has 0 fully saturated rings. The fourth-order valence-electron chi connectivity index (χ4n) is 3.57. The van der Waals surface area contributed by atoms with Crippen LogP contribution in [0, 0.1) is 5.92 Å². The molecule has 0 radical (unpaired) electrons. The van der Waals surface area contributed by atoms with E-state index in [4.69, 9.17) is 0 Å². The van der Waals surface area contributed by atoms with E-state index >= 15 is 0 Å². The van der Waals surface area contributed by atoms with Gasteiger partial charge >= 0.3 is 0 Å². The molecule has 2 aliphatic rings. The fourth-order valence-corrected chi connectivity index (χ4v) is 4.32. The Morgan fingerprint density at radius 2 is 1.92 bits per heavy atom. The summed E-state index contributed by atoms with van der Waals surface area (Å²) in [6.45, 7) is 2.12. The lowest BCUT2D eigenvalue weighted by molar-refractivity contribution is -0.117. The molecule has 0 spiro atoms. The Morgan fingerprint density at radius 1 is 1.16 bits per heavy atom. The molecule has 130 valence electrons. The minimum atomic E-state index is -0.199. The van der Waals surface area contributed by atoms with E-state index < -0.39 is 0 Å². The van der Waals surface area contributed by atoms with Crippen molar-refractivity contribution >= 4 is 35.3 Å². The molecular weight excluding hydrogens is 352 g/mol. The third-order valence-electron chi connectivity index (χ3n) is 4.72. The zero-order valence-corrected chi connectivity index (χ0v) is 16.1. The second-order valence-corrected chi connectivity index (χ2v) is 8.15. The van der Waals surface area contributed by atoms with Crippen LogP contribution >= 0.6 is 23.5 Å². The van der Waals surface area contributed by atoms with Crippen LogP contribution < -0.4 is 5.32 Å². The number of nitrogens with one attached hydrogen (secondary N) is 1. The number of hydrogen-bond acceptors (Lipinski definition) is 6. The Balaban J connectivity index is 1.87. The van der Waals surface area contributed by atoms with E-state index in [-0.39, 0.29) is 11.8 Å². The van der Waals surface area contributed by atoms with Crippen LogP contribution in [0.5, 0.6) is 0 Å². The fraction of sp³-hybridized carbons (Fsp3) is 0.389. The summed E-state index contributed by atoms with van der Waals surface area (Å²) in [5.74, 6) is 1.30. The van der Waals surface area contributed by atoms with Crippen molar-refractivity contribution in [3.8, 4) is 0 Å². The van der Waals surface area contributed by atoms with Gasteiger partial charge in [0.15, 0.2) is 5.78 Å². The highest BCUT2D eigenvalue weighted by Crippen LogP contribution is 2.41. The van der Waals surface area contributed by atoms with Crippen LogP contribution in [-0.4, -0.2) is 33.1 Å². The van der Waals surface area contributed by atoms with Crippen LogP contribution in [0.25, 0.3) is 0 Å². The average molecular weight is 373 g/mol. The SMILES string of the molecule is CSc1ccc([C@@H]2C3=C(C[C@@H](C)CC3=O)Nc3nc(SC)nn32)cc1. The molecular formula is C18H20N4OS2. The summed E-state index contributed by atoms with van der Waals surface area (Å²) in [4.78, 5) is 18.6. The number of allylic oxidation sites excluding steroid dienone is 2. The van der Waals surface area contributed by atoms with Crippen LogP contribution in [0.1, 0.15) is 31.4 Å². The molecule has 0 amide bonds. The first-order valence-corrected chi connectivity index (χ1v) is 10.7. The van der Waals surface area contributed by atoms with Gasteiger partial charge < -0.3 is 5.32 Å². The van der Waals surface area contributed by atoms with Crippen LogP contribution in [0.3, 0.4) is 0 Å². The Bertz CT molecular complexity index is 856. The number of anilines is 1. The zero-order chi connectivity index (χ0) is 17.6. The molecule has 7 heteroatoms. The first-order chi connectivity index (χ1) is 12.1. The van der Waals surface area contributed by atoms with Crippen LogP contribution in [0.2, 0.25) is 0 Å². The number of thioether (sulfide) groups is 2. The maximum Gasteiger partial charge on any atom is 0.227 e. The molecule has 1 aromatic carbocycles. The number of ketones is 1. The first-order valence-electron chi connectivity index (χ1n) is 8.28. The molecule has 1 N–H and O–H groups in total. The van der Waals surface area contributed by atoms with Crippen molar-refractivity contribution in [2.24, 2.45) is 5.92 Å². The lowest BCUT2D eigenvalue weighted by atomic mass is 9.81. The molecule has 25 heavy (non-hydrogen) atoms. The number of carbonyl (C=O) groups excluding carboxylic acids is 1. The number of hydrogen-bond donors (Lipinski definition) is 1. The number of aromatic nitrogens is 3. The molecule has 1 aliphatic heterocycles. The molecule has 0 bridgehead atoms. The topological polar surface area (TPSA) is 59.8 Å².